The van der Waals surface area contributed by atoms with E-state index in [1.807, 2.05) is 0 Å². The predicted octanol–water partition coefficient (Wildman–Crippen LogP) is 3.97. The highest BCUT2D eigenvalue weighted by atomic mass is 35.5. The Morgan fingerprint density at radius 1 is 1.36 bits per heavy atom. The Bertz CT molecular complexity index is 576. The molecule has 0 atom stereocenters. The van der Waals surface area contributed by atoms with Gasteiger partial charge in [-0.15, -0.1) is 0 Å². The second-order valence-electron chi connectivity index (χ2n) is 5.63. The summed E-state index contributed by atoms with van der Waals surface area (Å²) >= 11 is 5.88. The Hall–Kier alpha value is -2.01. The minimum Gasteiger partial charge on any atom is -0.478 e. The molecule has 0 bridgehead atoms. The number of ether oxygens (including phenoxy) is 1. The van der Waals surface area contributed by atoms with Gasteiger partial charge in [0.25, 0.3) is 0 Å². The van der Waals surface area contributed by atoms with E-state index >= 15 is 0 Å². The van der Waals surface area contributed by atoms with Crippen molar-refractivity contribution in [3.8, 4) is 0 Å². The normalized spacial score (nSPS) is 11.5. The molecule has 1 amide bonds. The molecule has 1 rings (SSSR count). The van der Waals surface area contributed by atoms with E-state index in [9.17, 15) is 9.59 Å². The van der Waals surface area contributed by atoms with E-state index in [-0.39, 0.29) is 10.6 Å². The van der Waals surface area contributed by atoms with Crippen molar-refractivity contribution in [2.45, 2.75) is 32.8 Å². The minimum absolute atomic E-state index is 0.0699. The molecular formula is C16H20ClNO4. The number of alkyl carbamates (subject to hydrolysis) is 1. The van der Waals surface area contributed by atoms with Crippen LogP contribution in [0.2, 0.25) is 5.02 Å². The van der Waals surface area contributed by atoms with Crippen molar-refractivity contribution in [2.75, 3.05) is 6.54 Å². The monoisotopic (exact) mass is 325 g/mol. The quantitative estimate of drug-likeness (QED) is 0.803. The maximum atomic E-state index is 11.4. The SMILES string of the molecule is CC(C)(C)OC(=O)NCCC=Cc1cccc(Cl)c1C(=O)O. The Morgan fingerprint density at radius 3 is 2.64 bits per heavy atom. The molecule has 0 saturated carbocycles. The smallest absolute Gasteiger partial charge is 0.407 e. The summed E-state index contributed by atoms with van der Waals surface area (Å²) in [5.41, 5.74) is 0.0645. The van der Waals surface area contributed by atoms with Crippen LogP contribution < -0.4 is 5.32 Å². The van der Waals surface area contributed by atoms with Gasteiger partial charge in [-0.2, -0.15) is 0 Å². The van der Waals surface area contributed by atoms with Gasteiger partial charge in [0.05, 0.1) is 10.6 Å². The number of carbonyl (C=O) groups excluding carboxylic acids is 1. The highest BCUT2D eigenvalue weighted by Crippen LogP contribution is 2.21. The predicted molar refractivity (Wildman–Crippen MR) is 86.3 cm³/mol. The number of amides is 1. The van der Waals surface area contributed by atoms with Crippen molar-refractivity contribution >= 4 is 29.7 Å². The van der Waals surface area contributed by atoms with Gasteiger partial charge in [-0.3, -0.25) is 0 Å². The van der Waals surface area contributed by atoms with Crippen LogP contribution >= 0.6 is 11.6 Å². The van der Waals surface area contributed by atoms with Gasteiger partial charge >= 0.3 is 12.1 Å². The number of carboxylic acid groups (broad SMARTS) is 1. The number of benzene rings is 1. The molecule has 0 unspecified atom stereocenters. The van der Waals surface area contributed by atoms with Gasteiger partial charge in [0.2, 0.25) is 0 Å². The molecule has 0 radical (unpaired) electrons. The first-order valence-corrected chi connectivity index (χ1v) is 7.23. The highest BCUT2D eigenvalue weighted by molar-refractivity contribution is 6.33. The van der Waals surface area contributed by atoms with Crippen LogP contribution in [0.25, 0.3) is 6.08 Å². The topological polar surface area (TPSA) is 75.6 Å². The minimum atomic E-state index is -1.07. The average molecular weight is 326 g/mol. The van der Waals surface area contributed by atoms with Gasteiger partial charge in [0, 0.05) is 6.54 Å². The molecule has 2 N–H and O–H groups in total. The molecule has 1 aromatic carbocycles. The van der Waals surface area contributed by atoms with Gasteiger partial charge in [-0.05, 0) is 38.8 Å². The molecule has 0 saturated heterocycles. The summed E-state index contributed by atoms with van der Waals surface area (Å²) in [4.78, 5) is 22.6. The number of hydrogen-bond donors (Lipinski definition) is 2. The largest absolute Gasteiger partial charge is 0.478 e. The molecule has 0 heterocycles. The zero-order valence-corrected chi connectivity index (χ0v) is 13.6. The van der Waals surface area contributed by atoms with Crippen molar-refractivity contribution in [2.24, 2.45) is 0 Å². The molecule has 0 aliphatic carbocycles. The number of carbonyl (C=O) groups is 2. The fourth-order valence-electron chi connectivity index (χ4n) is 1.69. The number of nitrogens with one attached hydrogen (secondary N) is 1. The summed E-state index contributed by atoms with van der Waals surface area (Å²) in [7, 11) is 0. The van der Waals surface area contributed by atoms with E-state index in [4.69, 9.17) is 21.4 Å². The van der Waals surface area contributed by atoms with Gasteiger partial charge < -0.3 is 15.2 Å². The standard InChI is InChI=1S/C16H20ClNO4/c1-16(2,3)22-15(21)18-10-5-4-7-11-8-6-9-12(17)13(11)14(19)20/h4,6-9H,5,10H2,1-3H3,(H,18,21)(H,19,20). The second-order valence-corrected chi connectivity index (χ2v) is 6.04. The first-order valence-electron chi connectivity index (χ1n) is 6.86. The Balaban J connectivity index is 2.53. The van der Waals surface area contributed by atoms with Crippen LogP contribution in [0.15, 0.2) is 24.3 Å². The third-order valence-corrected chi connectivity index (χ3v) is 2.85. The maximum Gasteiger partial charge on any atom is 0.407 e. The summed E-state index contributed by atoms with van der Waals surface area (Å²) in [6.45, 7) is 5.77. The Labute approximate surface area is 134 Å². The Kier molecular flexibility index (Phi) is 6.43. The third kappa shape index (κ3) is 6.18. The molecule has 0 fully saturated rings. The lowest BCUT2D eigenvalue weighted by Gasteiger charge is -2.19. The summed E-state index contributed by atoms with van der Waals surface area (Å²) in [6.07, 6.45) is 3.52. The second kappa shape index (κ2) is 7.84. The van der Waals surface area contributed by atoms with E-state index in [0.717, 1.165) is 0 Å². The summed E-state index contributed by atoms with van der Waals surface area (Å²) in [6, 6.07) is 4.90. The summed E-state index contributed by atoms with van der Waals surface area (Å²) < 4.78 is 5.10. The lowest BCUT2D eigenvalue weighted by atomic mass is 10.1. The lowest BCUT2D eigenvalue weighted by molar-refractivity contribution is 0.0528. The van der Waals surface area contributed by atoms with Crippen LogP contribution in [-0.4, -0.2) is 29.3 Å². The van der Waals surface area contributed by atoms with Crippen molar-refractivity contribution < 1.29 is 19.4 Å². The number of hydrogen-bond acceptors (Lipinski definition) is 3. The van der Waals surface area contributed by atoms with E-state index in [0.29, 0.717) is 18.5 Å². The van der Waals surface area contributed by atoms with Crippen LogP contribution in [0.5, 0.6) is 0 Å². The molecule has 0 aromatic heterocycles. The number of carboxylic acids is 1. The summed E-state index contributed by atoms with van der Waals surface area (Å²) in [5.74, 6) is -1.07. The molecule has 0 spiro atoms. The van der Waals surface area contributed by atoms with E-state index < -0.39 is 17.7 Å². The molecule has 5 nitrogen and oxygen atoms in total. The molecule has 120 valence electrons. The van der Waals surface area contributed by atoms with Gasteiger partial charge in [0.1, 0.15) is 5.60 Å². The molecule has 1 aromatic rings. The van der Waals surface area contributed by atoms with Crippen molar-refractivity contribution in [1.29, 1.82) is 0 Å². The molecule has 0 aliphatic heterocycles. The maximum absolute atomic E-state index is 11.4. The van der Waals surface area contributed by atoms with Crippen LogP contribution in [0.4, 0.5) is 4.79 Å². The van der Waals surface area contributed by atoms with Crippen LogP contribution in [-0.2, 0) is 4.74 Å². The van der Waals surface area contributed by atoms with Crippen LogP contribution in [0, 0.1) is 0 Å². The average Bonchev–Trinajstić information content (AvgIpc) is 2.35. The first kappa shape index (κ1) is 18.0. The van der Waals surface area contributed by atoms with Gasteiger partial charge in [0.15, 0.2) is 0 Å². The molecule has 22 heavy (non-hydrogen) atoms. The number of rotatable bonds is 5. The van der Waals surface area contributed by atoms with Gasteiger partial charge in [-0.25, -0.2) is 9.59 Å². The fourth-order valence-corrected chi connectivity index (χ4v) is 1.95. The highest BCUT2D eigenvalue weighted by Gasteiger charge is 2.15. The van der Waals surface area contributed by atoms with Crippen LogP contribution in [0.3, 0.4) is 0 Å². The molecule has 6 heteroatoms. The third-order valence-electron chi connectivity index (χ3n) is 2.54. The van der Waals surface area contributed by atoms with Crippen molar-refractivity contribution in [3.63, 3.8) is 0 Å². The fraction of sp³-hybridized carbons (Fsp3) is 0.375. The van der Waals surface area contributed by atoms with E-state index in [1.54, 1.807) is 45.1 Å². The number of aromatic carboxylic acids is 1. The molecule has 0 aliphatic rings. The van der Waals surface area contributed by atoms with Crippen molar-refractivity contribution in [1.82, 2.24) is 5.32 Å². The zero-order valence-electron chi connectivity index (χ0n) is 12.9. The Morgan fingerprint density at radius 2 is 2.05 bits per heavy atom. The van der Waals surface area contributed by atoms with E-state index in [2.05, 4.69) is 5.32 Å². The summed E-state index contributed by atoms with van der Waals surface area (Å²) in [5, 5.41) is 12.0. The van der Waals surface area contributed by atoms with Crippen LogP contribution in [0.1, 0.15) is 43.1 Å². The van der Waals surface area contributed by atoms with Crippen molar-refractivity contribution in [3.05, 3.63) is 40.4 Å². The lowest BCUT2D eigenvalue weighted by Crippen LogP contribution is -2.32. The van der Waals surface area contributed by atoms with E-state index in [1.165, 1.54) is 6.07 Å². The number of halogens is 1. The first-order chi connectivity index (χ1) is 10.2. The van der Waals surface area contributed by atoms with Gasteiger partial charge in [-0.1, -0.05) is 35.9 Å². The molecular weight excluding hydrogens is 306 g/mol. The zero-order chi connectivity index (χ0) is 16.8.